The summed E-state index contributed by atoms with van der Waals surface area (Å²) in [6.07, 6.45) is 7.54. The van der Waals surface area contributed by atoms with Gasteiger partial charge < -0.3 is 9.88 Å². The van der Waals surface area contributed by atoms with Gasteiger partial charge in [0, 0.05) is 37.1 Å². The van der Waals surface area contributed by atoms with Gasteiger partial charge in [-0.3, -0.25) is 0 Å². The standard InChI is InChI=1S/C13H18N4S/c1-10-16-11(8-18-10)4-5-14-6-13-7-15-9-17(13)12-2-3-12/h7-9,12,14H,2-6H2,1H3. The Morgan fingerprint density at radius 2 is 2.39 bits per heavy atom. The van der Waals surface area contributed by atoms with Crippen molar-refractivity contribution in [2.24, 2.45) is 0 Å². The van der Waals surface area contributed by atoms with E-state index in [1.165, 1.54) is 24.2 Å². The van der Waals surface area contributed by atoms with Gasteiger partial charge in [-0.2, -0.15) is 0 Å². The molecule has 0 spiro atoms. The van der Waals surface area contributed by atoms with Gasteiger partial charge in [0.25, 0.3) is 0 Å². The summed E-state index contributed by atoms with van der Waals surface area (Å²) in [6.45, 7) is 3.93. The Balaban J connectivity index is 1.45. The first-order chi connectivity index (χ1) is 8.83. The van der Waals surface area contributed by atoms with Crippen LogP contribution >= 0.6 is 11.3 Å². The van der Waals surface area contributed by atoms with Crippen LogP contribution in [0.2, 0.25) is 0 Å². The highest BCUT2D eigenvalue weighted by molar-refractivity contribution is 7.09. The minimum absolute atomic E-state index is 0.713. The lowest BCUT2D eigenvalue weighted by Gasteiger charge is -2.07. The number of thiazole rings is 1. The average Bonchev–Trinajstić information content (AvgIpc) is 2.96. The van der Waals surface area contributed by atoms with E-state index in [9.17, 15) is 0 Å². The van der Waals surface area contributed by atoms with E-state index in [4.69, 9.17) is 0 Å². The van der Waals surface area contributed by atoms with Crippen LogP contribution in [0.3, 0.4) is 0 Å². The molecule has 3 rings (SSSR count). The summed E-state index contributed by atoms with van der Waals surface area (Å²) in [5, 5.41) is 6.77. The Bertz CT molecular complexity index is 513. The second-order valence-electron chi connectivity index (χ2n) is 4.81. The molecule has 4 nitrogen and oxygen atoms in total. The lowest BCUT2D eigenvalue weighted by Crippen LogP contribution is -2.18. The van der Waals surface area contributed by atoms with Crippen LogP contribution in [0, 0.1) is 6.92 Å². The fourth-order valence-electron chi connectivity index (χ4n) is 2.11. The SMILES string of the molecule is Cc1nc(CCNCc2cncn2C2CC2)cs1. The summed E-state index contributed by atoms with van der Waals surface area (Å²) in [5.74, 6) is 0. The zero-order chi connectivity index (χ0) is 12.4. The van der Waals surface area contributed by atoms with E-state index in [0.29, 0.717) is 6.04 Å². The van der Waals surface area contributed by atoms with Crippen molar-refractivity contribution in [1.82, 2.24) is 19.9 Å². The van der Waals surface area contributed by atoms with Gasteiger partial charge in [0.05, 0.1) is 22.7 Å². The van der Waals surface area contributed by atoms with Crippen LogP contribution in [-0.4, -0.2) is 21.1 Å². The summed E-state index contributed by atoms with van der Waals surface area (Å²) in [6, 6.07) is 0.713. The topological polar surface area (TPSA) is 42.7 Å². The third-order valence-electron chi connectivity index (χ3n) is 3.22. The van der Waals surface area contributed by atoms with Gasteiger partial charge in [-0.15, -0.1) is 11.3 Å². The molecule has 2 heterocycles. The van der Waals surface area contributed by atoms with Gasteiger partial charge in [0.1, 0.15) is 0 Å². The molecule has 0 unspecified atom stereocenters. The Morgan fingerprint density at radius 3 is 3.11 bits per heavy atom. The molecule has 0 atom stereocenters. The predicted octanol–water partition coefficient (Wildman–Crippen LogP) is 2.32. The third-order valence-corrected chi connectivity index (χ3v) is 4.04. The van der Waals surface area contributed by atoms with Gasteiger partial charge in [-0.1, -0.05) is 0 Å². The molecule has 18 heavy (non-hydrogen) atoms. The summed E-state index contributed by atoms with van der Waals surface area (Å²) in [7, 11) is 0. The van der Waals surface area contributed by atoms with Crippen molar-refractivity contribution in [3.63, 3.8) is 0 Å². The number of hydrogen-bond acceptors (Lipinski definition) is 4. The highest BCUT2D eigenvalue weighted by Gasteiger charge is 2.24. The summed E-state index contributed by atoms with van der Waals surface area (Å²) < 4.78 is 2.31. The van der Waals surface area contributed by atoms with Crippen molar-refractivity contribution < 1.29 is 0 Å². The minimum Gasteiger partial charge on any atom is -0.330 e. The summed E-state index contributed by atoms with van der Waals surface area (Å²) in [5.41, 5.74) is 2.49. The van der Waals surface area contributed by atoms with Crippen molar-refractivity contribution in [2.45, 2.75) is 38.8 Å². The molecule has 5 heteroatoms. The van der Waals surface area contributed by atoms with Crippen molar-refractivity contribution in [2.75, 3.05) is 6.54 Å². The van der Waals surface area contributed by atoms with Crippen molar-refractivity contribution >= 4 is 11.3 Å². The Hall–Kier alpha value is -1.20. The largest absolute Gasteiger partial charge is 0.330 e. The minimum atomic E-state index is 0.713. The first kappa shape index (κ1) is 11.9. The number of hydrogen-bond donors (Lipinski definition) is 1. The third kappa shape index (κ3) is 2.79. The van der Waals surface area contributed by atoms with Crippen LogP contribution in [0.15, 0.2) is 17.9 Å². The Morgan fingerprint density at radius 1 is 1.50 bits per heavy atom. The van der Waals surface area contributed by atoms with E-state index in [1.54, 1.807) is 11.3 Å². The normalized spacial score (nSPS) is 15.2. The molecular weight excluding hydrogens is 244 g/mol. The number of nitrogens with zero attached hydrogens (tertiary/aromatic N) is 3. The molecule has 2 aromatic heterocycles. The lowest BCUT2D eigenvalue weighted by molar-refractivity contribution is 0.618. The second-order valence-corrected chi connectivity index (χ2v) is 5.87. The quantitative estimate of drug-likeness (QED) is 0.812. The van der Waals surface area contributed by atoms with Gasteiger partial charge in [0.15, 0.2) is 0 Å². The number of nitrogens with one attached hydrogen (secondary N) is 1. The molecule has 0 aliphatic heterocycles. The summed E-state index contributed by atoms with van der Waals surface area (Å²) in [4.78, 5) is 8.70. The van der Waals surface area contributed by atoms with E-state index in [-0.39, 0.29) is 0 Å². The number of aryl methyl sites for hydroxylation is 1. The molecule has 1 N–H and O–H groups in total. The number of aromatic nitrogens is 3. The molecule has 0 amide bonds. The monoisotopic (exact) mass is 262 g/mol. The fourth-order valence-corrected chi connectivity index (χ4v) is 2.75. The van der Waals surface area contributed by atoms with Gasteiger partial charge in [0.2, 0.25) is 0 Å². The molecule has 2 aromatic rings. The van der Waals surface area contributed by atoms with E-state index in [1.807, 2.05) is 12.5 Å². The van der Waals surface area contributed by atoms with E-state index >= 15 is 0 Å². The first-order valence-corrected chi connectivity index (χ1v) is 7.33. The smallest absolute Gasteiger partial charge is 0.0951 e. The molecule has 1 fully saturated rings. The molecule has 0 bridgehead atoms. The maximum atomic E-state index is 4.46. The molecule has 0 saturated heterocycles. The molecule has 96 valence electrons. The van der Waals surface area contributed by atoms with E-state index < -0.39 is 0 Å². The van der Waals surface area contributed by atoms with Crippen LogP contribution in [-0.2, 0) is 13.0 Å². The zero-order valence-electron chi connectivity index (χ0n) is 10.6. The lowest BCUT2D eigenvalue weighted by atomic mass is 10.3. The first-order valence-electron chi connectivity index (χ1n) is 6.45. The highest BCUT2D eigenvalue weighted by atomic mass is 32.1. The number of rotatable bonds is 6. The highest BCUT2D eigenvalue weighted by Crippen LogP contribution is 2.35. The van der Waals surface area contributed by atoms with E-state index in [2.05, 4.69) is 32.2 Å². The molecule has 1 aliphatic rings. The maximum absolute atomic E-state index is 4.46. The van der Waals surface area contributed by atoms with Crippen LogP contribution in [0.5, 0.6) is 0 Å². The molecular formula is C13H18N4S. The molecule has 1 saturated carbocycles. The average molecular weight is 262 g/mol. The fraction of sp³-hybridized carbons (Fsp3) is 0.538. The number of imidazole rings is 1. The predicted molar refractivity (Wildman–Crippen MR) is 72.8 cm³/mol. The van der Waals surface area contributed by atoms with Crippen molar-refractivity contribution in [3.05, 3.63) is 34.3 Å². The Kier molecular flexibility index (Phi) is 3.43. The second kappa shape index (κ2) is 5.20. The molecule has 1 aliphatic carbocycles. The van der Waals surface area contributed by atoms with Crippen LogP contribution < -0.4 is 5.32 Å². The van der Waals surface area contributed by atoms with E-state index in [0.717, 1.165) is 24.5 Å². The summed E-state index contributed by atoms with van der Waals surface area (Å²) >= 11 is 1.72. The van der Waals surface area contributed by atoms with Gasteiger partial charge in [-0.25, -0.2) is 9.97 Å². The van der Waals surface area contributed by atoms with Crippen LogP contribution in [0.4, 0.5) is 0 Å². The molecule has 0 aromatic carbocycles. The van der Waals surface area contributed by atoms with Crippen molar-refractivity contribution in [3.8, 4) is 0 Å². The maximum Gasteiger partial charge on any atom is 0.0951 e. The van der Waals surface area contributed by atoms with Gasteiger partial charge in [-0.05, 0) is 19.8 Å². The van der Waals surface area contributed by atoms with Gasteiger partial charge >= 0.3 is 0 Å². The Labute approximate surface area is 111 Å². The van der Waals surface area contributed by atoms with Crippen LogP contribution in [0.1, 0.15) is 35.3 Å². The zero-order valence-corrected chi connectivity index (χ0v) is 11.4. The molecule has 0 radical (unpaired) electrons. The van der Waals surface area contributed by atoms with Crippen LogP contribution in [0.25, 0.3) is 0 Å². The van der Waals surface area contributed by atoms with Crippen molar-refractivity contribution in [1.29, 1.82) is 0 Å².